The molecule has 1 fully saturated rings. The molecule has 1 atom stereocenters. The molecule has 2 N–H and O–H groups in total. The molecule has 0 aliphatic carbocycles. The van der Waals surface area contributed by atoms with Crippen LogP contribution in [0.2, 0.25) is 0 Å². The van der Waals surface area contributed by atoms with E-state index in [1.54, 1.807) is 6.92 Å². The first kappa shape index (κ1) is 10.5. The van der Waals surface area contributed by atoms with Crippen LogP contribution in [0.15, 0.2) is 0 Å². The van der Waals surface area contributed by atoms with Gasteiger partial charge in [-0.15, -0.1) is 0 Å². The number of primary amides is 1. The van der Waals surface area contributed by atoms with Crippen LogP contribution < -0.4 is 5.73 Å². The Morgan fingerprint density at radius 2 is 2.23 bits per heavy atom. The summed E-state index contributed by atoms with van der Waals surface area (Å²) in [7, 11) is -3.26. The number of carbonyl (C=O) groups excluding carboxylic acids is 1. The highest BCUT2D eigenvalue weighted by molar-refractivity contribution is 7.89. The molecule has 0 radical (unpaired) electrons. The molecule has 0 unspecified atom stereocenters. The third-order valence-electron chi connectivity index (χ3n) is 2.25. The summed E-state index contributed by atoms with van der Waals surface area (Å²) in [5.74, 6) is -0.522. The lowest BCUT2D eigenvalue weighted by atomic mass is 10.2. The Kier molecular flexibility index (Phi) is 2.92. The molecule has 1 aliphatic heterocycles. The first-order chi connectivity index (χ1) is 5.99. The maximum absolute atomic E-state index is 11.4. The second-order valence-electron chi connectivity index (χ2n) is 3.07. The number of amides is 1. The Bertz CT molecular complexity index is 299. The molecule has 1 aliphatic rings. The second-order valence-corrected chi connectivity index (χ2v) is 5.28. The predicted molar refractivity (Wildman–Crippen MR) is 48.4 cm³/mol. The minimum Gasteiger partial charge on any atom is -0.368 e. The maximum Gasteiger partial charge on any atom is 0.235 e. The Balaban J connectivity index is 2.86. The van der Waals surface area contributed by atoms with Crippen LogP contribution in [0.4, 0.5) is 0 Å². The number of rotatable bonds is 3. The zero-order chi connectivity index (χ0) is 10.1. The Morgan fingerprint density at radius 3 is 2.69 bits per heavy atom. The van der Waals surface area contributed by atoms with Crippen LogP contribution >= 0.6 is 0 Å². The van der Waals surface area contributed by atoms with Gasteiger partial charge in [0.05, 0.1) is 5.75 Å². The number of hydrogen-bond acceptors (Lipinski definition) is 3. The summed E-state index contributed by atoms with van der Waals surface area (Å²) in [5.41, 5.74) is 5.09. The number of nitrogens with zero attached hydrogens (tertiary/aromatic N) is 1. The average molecular weight is 206 g/mol. The van der Waals surface area contributed by atoms with Crippen LogP contribution in [0.25, 0.3) is 0 Å². The Hall–Kier alpha value is -0.620. The quantitative estimate of drug-likeness (QED) is 0.662. The maximum atomic E-state index is 11.4. The number of carbonyl (C=O) groups is 1. The molecule has 6 heteroatoms. The summed E-state index contributed by atoms with van der Waals surface area (Å²) in [5, 5.41) is 0. The highest BCUT2D eigenvalue weighted by Gasteiger charge is 2.36. The van der Waals surface area contributed by atoms with E-state index in [-0.39, 0.29) is 5.75 Å². The van der Waals surface area contributed by atoms with Crippen molar-refractivity contribution in [1.82, 2.24) is 4.31 Å². The van der Waals surface area contributed by atoms with Crippen LogP contribution in [0.5, 0.6) is 0 Å². The summed E-state index contributed by atoms with van der Waals surface area (Å²) in [6.45, 7) is 1.98. The smallest absolute Gasteiger partial charge is 0.235 e. The summed E-state index contributed by atoms with van der Waals surface area (Å²) in [4.78, 5) is 10.9. The summed E-state index contributed by atoms with van der Waals surface area (Å²) < 4.78 is 24.1. The number of hydrogen-bond donors (Lipinski definition) is 1. The molecule has 1 amide bonds. The van der Waals surface area contributed by atoms with Gasteiger partial charge >= 0.3 is 0 Å². The van der Waals surface area contributed by atoms with Crippen molar-refractivity contribution in [3.8, 4) is 0 Å². The standard InChI is InChI=1S/C7H14N2O3S/c1-2-13(11,12)9-5-3-4-6(9)7(8)10/h6H,2-5H2,1H3,(H2,8,10)/t6-/m1/s1. The van der Waals surface area contributed by atoms with E-state index in [4.69, 9.17) is 5.73 Å². The predicted octanol–water partition coefficient (Wildman–Crippen LogP) is -0.714. The van der Waals surface area contributed by atoms with E-state index in [2.05, 4.69) is 0 Å². The molecule has 0 aromatic carbocycles. The van der Waals surface area contributed by atoms with Gasteiger partial charge < -0.3 is 5.73 Å². The van der Waals surface area contributed by atoms with Crippen molar-refractivity contribution in [2.24, 2.45) is 5.73 Å². The molecule has 76 valence electrons. The van der Waals surface area contributed by atoms with Gasteiger partial charge in [0.2, 0.25) is 15.9 Å². The zero-order valence-corrected chi connectivity index (χ0v) is 8.38. The lowest BCUT2D eigenvalue weighted by molar-refractivity contribution is -0.121. The fraction of sp³-hybridized carbons (Fsp3) is 0.857. The van der Waals surface area contributed by atoms with Gasteiger partial charge in [-0.2, -0.15) is 4.31 Å². The molecule has 1 saturated heterocycles. The molecular formula is C7H14N2O3S. The first-order valence-electron chi connectivity index (χ1n) is 4.28. The second kappa shape index (κ2) is 3.63. The van der Waals surface area contributed by atoms with E-state index >= 15 is 0 Å². The lowest BCUT2D eigenvalue weighted by Gasteiger charge is -2.20. The molecule has 0 saturated carbocycles. The normalized spacial score (nSPS) is 24.8. The van der Waals surface area contributed by atoms with E-state index in [1.807, 2.05) is 0 Å². The third-order valence-corrected chi connectivity index (χ3v) is 4.14. The SMILES string of the molecule is CCS(=O)(=O)N1CCC[C@@H]1C(N)=O. The molecule has 0 bridgehead atoms. The van der Waals surface area contributed by atoms with Gasteiger partial charge in [-0.05, 0) is 19.8 Å². The Morgan fingerprint density at radius 1 is 1.62 bits per heavy atom. The lowest BCUT2D eigenvalue weighted by Crippen LogP contribution is -2.44. The van der Waals surface area contributed by atoms with Gasteiger partial charge in [0, 0.05) is 6.54 Å². The first-order valence-corrected chi connectivity index (χ1v) is 5.89. The highest BCUT2D eigenvalue weighted by atomic mass is 32.2. The van der Waals surface area contributed by atoms with Gasteiger partial charge in [-0.25, -0.2) is 8.42 Å². The van der Waals surface area contributed by atoms with E-state index in [0.717, 1.165) is 0 Å². The van der Waals surface area contributed by atoms with Gasteiger partial charge in [0.25, 0.3) is 0 Å². The largest absolute Gasteiger partial charge is 0.368 e. The average Bonchev–Trinajstić information content (AvgIpc) is 2.52. The topological polar surface area (TPSA) is 80.5 Å². The van der Waals surface area contributed by atoms with Crippen molar-refractivity contribution in [1.29, 1.82) is 0 Å². The molecule has 5 nitrogen and oxygen atoms in total. The van der Waals surface area contributed by atoms with Crippen LogP contribution in [-0.4, -0.2) is 37.0 Å². The molecule has 1 heterocycles. The highest BCUT2D eigenvalue weighted by Crippen LogP contribution is 2.20. The van der Waals surface area contributed by atoms with Crippen molar-refractivity contribution >= 4 is 15.9 Å². The fourth-order valence-corrected chi connectivity index (χ4v) is 2.86. The molecular weight excluding hydrogens is 192 g/mol. The number of sulfonamides is 1. The molecule has 0 aromatic heterocycles. The minimum atomic E-state index is -3.26. The van der Waals surface area contributed by atoms with E-state index in [1.165, 1.54) is 4.31 Å². The fourth-order valence-electron chi connectivity index (χ4n) is 1.52. The minimum absolute atomic E-state index is 0.0246. The van der Waals surface area contributed by atoms with Crippen LogP contribution in [0.1, 0.15) is 19.8 Å². The van der Waals surface area contributed by atoms with Crippen molar-refractivity contribution < 1.29 is 13.2 Å². The molecule has 13 heavy (non-hydrogen) atoms. The van der Waals surface area contributed by atoms with E-state index in [9.17, 15) is 13.2 Å². The van der Waals surface area contributed by atoms with Crippen molar-refractivity contribution in [3.05, 3.63) is 0 Å². The van der Waals surface area contributed by atoms with E-state index in [0.29, 0.717) is 19.4 Å². The van der Waals surface area contributed by atoms with Gasteiger partial charge in [0.15, 0.2) is 0 Å². The zero-order valence-electron chi connectivity index (χ0n) is 7.56. The van der Waals surface area contributed by atoms with E-state index < -0.39 is 22.0 Å². The number of nitrogens with two attached hydrogens (primary N) is 1. The third kappa shape index (κ3) is 2.00. The van der Waals surface area contributed by atoms with Crippen molar-refractivity contribution in [2.75, 3.05) is 12.3 Å². The monoisotopic (exact) mass is 206 g/mol. The summed E-state index contributed by atoms with van der Waals surface area (Å²) >= 11 is 0. The van der Waals surface area contributed by atoms with Gasteiger partial charge in [0.1, 0.15) is 6.04 Å². The summed E-state index contributed by atoms with van der Waals surface area (Å²) in [6, 6.07) is -0.620. The Labute approximate surface area is 77.9 Å². The molecule has 1 rings (SSSR count). The van der Waals surface area contributed by atoms with Crippen LogP contribution in [0, 0.1) is 0 Å². The van der Waals surface area contributed by atoms with Gasteiger partial charge in [-0.3, -0.25) is 4.79 Å². The van der Waals surface area contributed by atoms with Crippen LogP contribution in [-0.2, 0) is 14.8 Å². The van der Waals surface area contributed by atoms with Crippen molar-refractivity contribution in [3.63, 3.8) is 0 Å². The summed E-state index contributed by atoms with van der Waals surface area (Å²) in [6.07, 6.45) is 1.27. The molecule has 0 spiro atoms. The van der Waals surface area contributed by atoms with Crippen LogP contribution in [0.3, 0.4) is 0 Å². The van der Waals surface area contributed by atoms with Crippen molar-refractivity contribution in [2.45, 2.75) is 25.8 Å². The molecule has 0 aromatic rings. The van der Waals surface area contributed by atoms with Gasteiger partial charge in [-0.1, -0.05) is 0 Å².